The Kier molecular flexibility index (Phi) is 10.2. The van der Waals surface area contributed by atoms with E-state index in [-0.39, 0.29) is 23.9 Å². The molecular weight excluding hydrogens is 550 g/mol. The number of alkyl halides is 3. The Morgan fingerprint density at radius 1 is 0.825 bits per heavy atom. The third-order valence-corrected chi connectivity index (χ3v) is 13.6. The van der Waals surface area contributed by atoms with Crippen molar-refractivity contribution in [2.24, 2.45) is 0 Å². The molecular formula is C31H41F3N2O2SSi. The van der Waals surface area contributed by atoms with Crippen LogP contribution < -0.4 is 20.4 Å². The van der Waals surface area contributed by atoms with Crippen molar-refractivity contribution >= 4 is 35.7 Å². The fraction of sp³-hybridized carbons (Fsp3) is 0.419. The molecule has 0 unspecified atom stereocenters. The normalized spacial score (nSPS) is 14.6. The molecule has 9 heteroatoms. The molecule has 0 saturated heterocycles. The van der Waals surface area contributed by atoms with Gasteiger partial charge in [0.2, 0.25) is 0 Å². The Morgan fingerprint density at radius 2 is 1.35 bits per heavy atom. The van der Waals surface area contributed by atoms with Gasteiger partial charge in [0.15, 0.2) is 0 Å². The van der Waals surface area contributed by atoms with E-state index in [0.29, 0.717) is 5.56 Å². The Labute approximate surface area is 241 Å². The molecule has 2 atom stereocenters. The molecule has 40 heavy (non-hydrogen) atoms. The predicted molar refractivity (Wildman–Crippen MR) is 163 cm³/mol. The first-order chi connectivity index (χ1) is 18.6. The second kappa shape index (κ2) is 12.7. The SMILES string of the molecule is C[C@@H](N[S@@+]([O-])C(C)(C)C)c1cccc(C(F)(F)F)c1NCCO[Si](c1ccccc1)(c1ccccc1)C(C)(C)C. The summed E-state index contributed by atoms with van der Waals surface area (Å²) in [5.74, 6) is 0. The molecule has 0 aliphatic carbocycles. The third kappa shape index (κ3) is 7.31. The highest BCUT2D eigenvalue weighted by Crippen LogP contribution is 2.39. The number of nitrogens with one attached hydrogen (secondary N) is 2. The van der Waals surface area contributed by atoms with E-state index in [1.807, 2.05) is 57.2 Å². The van der Waals surface area contributed by atoms with Crippen molar-refractivity contribution in [3.05, 3.63) is 90.0 Å². The summed E-state index contributed by atoms with van der Waals surface area (Å²) >= 11 is -1.45. The summed E-state index contributed by atoms with van der Waals surface area (Å²) in [5.41, 5.74) is -0.379. The zero-order valence-corrected chi connectivity index (χ0v) is 26.2. The Hall–Kier alpha value is -2.30. The molecule has 0 amide bonds. The molecule has 0 spiro atoms. The minimum Gasteiger partial charge on any atom is -0.598 e. The van der Waals surface area contributed by atoms with Gasteiger partial charge in [0.25, 0.3) is 8.32 Å². The van der Waals surface area contributed by atoms with E-state index in [1.54, 1.807) is 13.0 Å². The van der Waals surface area contributed by atoms with Gasteiger partial charge >= 0.3 is 6.18 Å². The number of hydrogen-bond donors (Lipinski definition) is 2. The van der Waals surface area contributed by atoms with Crippen LogP contribution in [0.4, 0.5) is 18.9 Å². The molecule has 0 radical (unpaired) electrons. The standard InChI is InChI=1S/C31H41F3N2O2SSi/c1-23(36-39(37)29(2,3)4)26-19-14-20-27(31(32,33)34)28(26)35-21-22-38-40(30(5,6)7,24-15-10-8-11-16-24)25-17-12-9-13-18-25/h8-20,23,35-36H,21-22H2,1-7H3/t23-,39+/m1/s1. The summed E-state index contributed by atoms with van der Waals surface area (Å²) in [6.45, 7) is 14.0. The Bertz CT molecular complexity index is 1190. The quantitative estimate of drug-likeness (QED) is 0.155. The maximum atomic E-state index is 14.1. The van der Waals surface area contributed by atoms with Gasteiger partial charge in [-0.2, -0.15) is 13.2 Å². The van der Waals surface area contributed by atoms with Gasteiger partial charge in [-0.3, -0.25) is 0 Å². The fourth-order valence-electron chi connectivity index (χ4n) is 4.91. The second-order valence-corrected chi connectivity index (χ2v) is 18.2. The largest absolute Gasteiger partial charge is 0.598 e. The molecule has 0 saturated carbocycles. The van der Waals surface area contributed by atoms with Crippen LogP contribution in [0.15, 0.2) is 78.9 Å². The van der Waals surface area contributed by atoms with Crippen LogP contribution in [0.2, 0.25) is 5.04 Å². The van der Waals surface area contributed by atoms with E-state index >= 15 is 0 Å². The first-order valence-electron chi connectivity index (χ1n) is 13.5. The zero-order valence-electron chi connectivity index (χ0n) is 24.4. The molecule has 4 nitrogen and oxygen atoms in total. The van der Waals surface area contributed by atoms with Crippen molar-refractivity contribution in [2.75, 3.05) is 18.5 Å². The van der Waals surface area contributed by atoms with Crippen LogP contribution >= 0.6 is 0 Å². The van der Waals surface area contributed by atoms with Crippen molar-refractivity contribution in [1.82, 2.24) is 4.72 Å². The number of rotatable bonds is 10. The number of hydrogen-bond acceptors (Lipinski definition) is 4. The van der Waals surface area contributed by atoms with Gasteiger partial charge in [0.05, 0.1) is 23.9 Å². The summed E-state index contributed by atoms with van der Waals surface area (Å²) in [5, 5.41) is 5.01. The monoisotopic (exact) mass is 590 g/mol. The van der Waals surface area contributed by atoms with Crippen LogP contribution in [0.25, 0.3) is 0 Å². The van der Waals surface area contributed by atoms with Crippen LogP contribution in [0, 0.1) is 0 Å². The van der Waals surface area contributed by atoms with Gasteiger partial charge in [0.1, 0.15) is 4.75 Å². The van der Waals surface area contributed by atoms with Crippen molar-refractivity contribution in [2.45, 2.75) is 70.5 Å². The van der Waals surface area contributed by atoms with Gasteiger partial charge in [-0.25, -0.2) is 0 Å². The van der Waals surface area contributed by atoms with Gasteiger partial charge in [-0.1, -0.05) is 93.6 Å². The molecule has 0 aliphatic rings. The molecule has 3 aromatic rings. The number of para-hydroxylation sites is 1. The Morgan fingerprint density at radius 3 is 1.80 bits per heavy atom. The first-order valence-corrected chi connectivity index (χ1v) is 16.5. The average Bonchev–Trinajstić information content (AvgIpc) is 2.87. The molecule has 0 heterocycles. The summed E-state index contributed by atoms with van der Waals surface area (Å²) in [7, 11) is -2.83. The van der Waals surface area contributed by atoms with Crippen LogP contribution in [0.1, 0.15) is 65.6 Å². The zero-order chi connectivity index (χ0) is 29.8. The summed E-state index contributed by atoms with van der Waals surface area (Å²) in [6.07, 6.45) is -4.56. The maximum Gasteiger partial charge on any atom is 0.418 e. The number of benzene rings is 3. The minimum atomic E-state index is -4.56. The van der Waals surface area contributed by atoms with E-state index < -0.39 is 42.2 Å². The summed E-state index contributed by atoms with van der Waals surface area (Å²) in [4.78, 5) is 0. The van der Waals surface area contributed by atoms with Gasteiger partial charge < -0.3 is 14.3 Å². The van der Waals surface area contributed by atoms with E-state index in [0.717, 1.165) is 16.4 Å². The highest BCUT2D eigenvalue weighted by molar-refractivity contribution is 7.90. The highest BCUT2D eigenvalue weighted by atomic mass is 32.2. The van der Waals surface area contributed by atoms with E-state index in [4.69, 9.17) is 4.43 Å². The molecule has 0 aromatic heterocycles. The maximum absolute atomic E-state index is 14.1. The van der Waals surface area contributed by atoms with Crippen molar-refractivity contribution in [3.63, 3.8) is 0 Å². The van der Waals surface area contributed by atoms with E-state index in [9.17, 15) is 17.7 Å². The van der Waals surface area contributed by atoms with Crippen LogP contribution in [-0.4, -0.2) is 30.8 Å². The lowest BCUT2D eigenvalue weighted by Gasteiger charge is -2.43. The summed E-state index contributed by atoms with van der Waals surface area (Å²) in [6, 6.07) is 23.8. The highest BCUT2D eigenvalue weighted by Gasteiger charge is 2.50. The molecule has 0 fully saturated rings. The van der Waals surface area contributed by atoms with Crippen molar-refractivity contribution < 1.29 is 22.2 Å². The van der Waals surface area contributed by atoms with Crippen molar-refractivity contribution in [3.8, 4) is 0 Å². The predicted octanol–water partition coefficient (Wildman–Crippen LogP) is 6.81. The minimum absolute atomic E-state index is 0.0213. The van der Waals surface area contributed by atoms with Crippen molar-refractivity contribution in [1.29, 1.82) is 0 Å². The molecule has 2 N–H and O–H groups in total. The van der Waals surface area contributed by atoms with Gasteiger partial charge in [-0.15, -0.1) is 4.72 Å². The van der Waals surface area contributed by atoms with Crippen LogP contribution in [-0.2, 0) is 22.0 Å². The van der Waals surface area contributed by atoms with Crippen LogP contribution in [0.5, 0.6) is 0 Å². The lowest BCUT2D eigenvalue weighted by Crippen LogP contribution is -2.66. The molecule has 3 rings (SSSR count). The van der Waals surface area contributed by atoms with E-state index in [2.05, 4.69) is 55.1 Å². The lowest BCUT2D eigenvalue weighted by atomic mass is 10.0. The first kappa shape index (κ1) is 32.2. The van der Waals surface area contributed by atoms with Crippen LogP contribution in [0.3, 0.4) is 0 Å². The van der Waals surface area contributed by atoms with Gasteiger partial charge in [-0.05, 0) is 54.7 Å². The summed E-state index contributed by atoms with van der Waals surface area (Å²) < 4.78 is 64.3. The third-order valence-electron chi connectivity index (χ3n) is 6.85. The van der Waals surface area contributed by atoms with Gasteiger partial charge in [0, 0.05) is 17.9 Å². The molecule has 218 valence electrons. The second-order valence-electron chi connectivity index (χ2n) is 11.9. The average molecular weight is 591 g/mol. The Balaban J connectivity index is 1.93. The molecule has 0 bridgehead atoms. The number of anilines is 1. The molecule has 0 aliphatic heterocycles. The number of halogens is 3. The smallest absolute Gasteiger partial charge is 0.418 e. The topological polar surface area (TPSA) is 56.3 Å². The van der Waals surface area contributed by atoms with E-state index in [1.165, 1.54) is 6.07 Å². The lowest BCUT2D eigenvalue weighted by molar-refractivity contribution is -0.137. The fourth-order valence-corrected chi connectivity index (χ4v) is 10.3. The molecule has 3 aromatic carbocycles.